The molecular weight excluding hydrogens is 312 g/mol. The van der Waals surface area contributed by atoms with E-state index in [1.165, 1.54) is 37.7 Å². The zero-order chi connectivity index (χ0) is 17.6. The maximum atomic E-state index is 9.60. The maximum Gasteiger partial charge on any atom is 0.135 e. The molecule has 0 amide bonds. The van der Waals surface area contributed by atoms with Crippen molar-refractivity contribution in [3.05, 3.63) is 17.6 Å². The van der Waals surface area contributed by atoms with Gasteiger partial charge in [0.25, 0.3) is 0 Å². The molecule has 1 aromatic heterocycles. The van der Waals surface area contributed by atoms with Gasteiger partial charge in [-0.15, -0.1) is 0 Å². The Hall–Kier alpha value is -1.20. The Balaban J connectivity index is 1.76. The third-order valence-electron chi connectivity index (χ3n) is 5.82. The summed E-state index contributed by atoms with van der Waals surface area (Å²) >= 11 is 0. The molecule has 1 aliphatic carbocycles. The molecule has 3 rings (SSSR count). The molecule has 1 atom stereocenters. The fourth-order valence-electron chi connectivity index (χ4n) is 4.56. The molecule has 1 aliphatic heterocycles. The third kappa shape index (κ3) is 4.50. The van der Waals surface area contributed by atoms with E-state index < -0.39 is 0 Å². The van der Waals surface area contributed by atoms with E-state index >= 15 is 0 Å². The number of hydrogen-bond donors (Lipinski definition) is 1. The van der Waals surface area contributed by atoms with Gasteiger partial charge in [0.15, 0.2) is 0 Å². The molecule has 25 heavy (non-hydrogen) atoms. The van der Waals surface area contributed by atoms with Gasteiger partial charge >= 0.3 is 0 Å². The predicted molar refractivity (Wildman–Crippen MR) is 102 cm³/mol. The van der Waals surface area contributed by atoms with E-state index in [0.717, 1.165) is 56.6 Å². The van der Waals surface area contributed by atoms with Crippen LogP contribution in [0.1, 0.15) is 63.3 Å². The Bertz CT molecular complexity index is 544. The van der Waals surface area contributed by atoms with Crippen LogP contribution >= 0.6 is 0 Å². The highest BCUT2D eigenvalue weighted by molar-refractivity contribution is 5.47. The molecule has 1 aromatic rings. The van der Waals surface area contributed by atoms with Crippen LogP contribution in [-0.4, -0.2) is 58.3 Å². The van der Waals surface area contributed by atoms with Crippen LogP contribution in [-0.2, 0) is 6.42 Å². The number of rotatable bonds is 6. The summed E-state index contributed by atoms with van der Waals surface area (Å²) in [5.74, 6) is 1.98. The molecule has 5 nitrogen and oxygen atoms in total. The van der Waals surface area contributed by atoms with Gasteiger partial charge in [-0.1, -0.05) is 32.6 Å². The zero-order valence-corrected chi connectivity index (χ0v) is 16.0. The fourth-order valence-corrected chi connectivity index (χ4v) is 4.56. The maximum absolute atomic E-state index is 9.60. The Morgan fingerprint density at radius 3 is 2.72 bits per heavy atom. The second kappa shape index (κ2) is 8.95. The lowest BCUT2D eigenvalue weighted by Crippen LogP contribution is -2.57. The molecule has 2 heterocycles. The topological polar surface area (TPSA) is 52.5 Å². The van der Waals surface area contributed by atoms with Gasteiger partial charge in [-0.05, 0) is 32.6 Å². The van der Waals surface area contributed by atoms with Crippen LogP contribution in [0, 0.1) is 6.92 Å². The summed E-state index contributed by atoms with van der Waals surface area (Å²) < 4.78 is 0. The van der Waals surface area contributed by atoms with Crippen LogP contribution in [0.2, 0.25) is 0 Å². The van der Waals surface area contributed by atoms with Gasteiger partial charge in [0.1, 0.15) is 11.6 Å². The summed E-state index contributed by atoms with van der Waals surface area (Å²) in [6.07, 6.45) is 11.8. The summed E-state index contributed by atoms with van der Waals surface area (Å²) in [5.41, 5.74) is 1.27. The van der Waals surface area contributed by atoms with Gasteiger partial charge in [-0.25, -0.2) is 9.97 Å². The molecule has 0 spiro atoms. The largest absolute Gasteiger partial charge is 0.396 e. The van der Waals surface area contributed by atoms with Crippen molar-refractivity contribution < 1.29 is 5.11 Å². The van der Waals surface area contributed by atoms with Gasteiger partial charge < -0.3 is 10.0 Å². The Kier molecular flexibility index (Phi) is 6.65. The Morgan fingerprint density at radius 1 is 1.20 bits per heavy atom. The molecule has 1 unspecified atom stereocenters. The smallest absolute Gasteiger partial charge is 0.135 e. The Labute approximate surface area is 152 Å². The monoisotopic (exact) mass is 346 g/mol. The molecule has 1 saturated heterocycles. The first-order valence-electron chi connectivity index (χ1n) is 10.2. The van der Waals surface area contributed by atoms with E-state index in [9.17, 15) is 5.11 Å². The second-order valence-corrected chi connectivity index (χ2v) is 7.66. The number of aliphatic hydroxyl groups excluding tert-OH is 1. The van der Waals surface area contributed by atoms with Crippen LogP contribution in [0.25, 0.3) is 0 Å². The number of piperazine rings is 1. The van der Waals surface area contributed by atoms with Crippen molar-refractivity contribution in [2.45, 2.75) is 77.3 Å². The van der Waals surface area contributed by atoms with E-state index in [0.29, 0.717) is 6.04 Å². The van der Waals surface area contributed by atoms with E-state index in [1.807, 2.05) is 13.1 Å². The number of nitrogens with zero attached hydrogens (tertiary/aromatic N) is 4. The van der Waals surface area contributed by atoms with Gasteiger partial charge in [0.05, 0.1) is 0 Å². The Morgan fingerprint density at radius 2 is 2.00 bits per heavy atom. The molecule has 140 valence electrons. The lowest BCUT2D eigenvalue weighted by atomic mass is 9.91. The van der Waals surface area contributed by atoms with Crippen molar-refractivity contribution in [2.75, 3.05) is 31.1 Å². The summed E-state index contributed by atoms with van der Waals surface area (Å²) in [7, 11) is 0. The first-order valence-corrected chi connectivity index (χ1v) is 10.2. The lowest BCUT2D eigenvalue weighted by molar-refractivity contribution is 0.0755. The third-order valence-corrected chi connectivity index (χ3v) is 5.82. The SMILES string of the molecule is CCCc1cnc(C)nc1N1CCN(C2CCCCC2)C(CCO)C1. The average molecular weight is 347 g/mol. The van der Waals surface area contributed by atoms with Gasteiger partial charge in [-0.3, -0.25) is 4.90 Å². The van der Waals surface area contributed by atoms with E-state index in [2.05, 4.69) is 21.7 Å². The molecule has 1 saturated carbocycles. The number of anilines is 1. The zero-order valence-electron chi connectivity index (χ0n) is 16.0. The van der Waals surface area contributed by atoms with E-state index in [4.69, 9.17) is 4.98 Å². The number of hydrogen-bond acceptors (Lipinski definition) is 5. The first-order chi connectivity index (χ1) is 12.2. The van der Waals surface area contributed by atoms with E-state index in [-0.39, 0.29) is 6.61 Å². The van der Waals surface area contributed by atoms with Crippen LogP contribution in [0.4, 0.5) is 5.82 Å². The quantitative estimate of drug-likeness (QED) is 0.858. The van der Waals surface area contributed by atoms with Crippen molar-refractivity contribution in [3.8, 4) is 0 Å². The summed E-state index contributed by atoms with van der Waals surface area (Å²) in [6.45, 7) is 7.55. The van der Waals surface area contributed by atoms with Crippen LogP contribution in [0.5, 0.6) is 0 Å². The van der Waals surface area contributed by atoms with Crippen molar-refractivity contribution in [3.63, 3.8) is 0 Å². The van der Waals surface area contributed by atoms with Gasteiger partial charge in [0, 0.05) is 50.1 Å². The van der Waals surface area contributed by atoms with Gasteiger partial charge in [0.2, 0.25) is 0 Å². The first kappa shape index (κ1) is 18.6. The lowest BCUT2D eigenvalue weighted by Gasteiger charge is -2.47. The molecule has 0 bridgehead atoms. The molecule has 0 radical (unpaired) electrons. The molecule has 0 aromatic carbocycles. The average Bonchev–Trinajstić information content (AvgIpc) is 2.64. The highest BCUT2D eigenvalue weighted by Crippen LogP contribution is 2.29. The van der Waals surface area contributed by atoms with E-state index in [1.54, 1.807) is 0 Å². The molecule has 2 aliphatic rings. The molecule has 1 N–H and O–H groups in total. The summed E-state index contributed by atoms with van der Waals surface area (Å²) in [6, 6.07) is 1.15. The van der Waals surface area contributed by atoms with Crippen LogP contribution < -0.4 is 4.90 Å². The highest BCUT2D eigenvalue weighted by Gasteiger charge is 2.33. The standard InChI is InChI=1S/C20H34N4O/c1-3-7-17-14-21-16(2)22-20(17)23-11-12-24(19(15-23)10-13-25)18-8-5-4-6-9-18/h14,18-19,25H,3-13,15H2,1-2H3. The van der Waals surface area contributed by atoms with Crippen molar-refractivity contribution in [1.29, 1.82) is 0 Å². The van der Waals surface area contributed by atoms with Crippen molar-refractivity contribution in [2.24, 2.45) is 0 Å². The van der Waals surface area contributed by atoms with Crippen molar-refractivity contribution >= 4 is 5.82 Å². The minimum absolute atomic E-state index is 0.270. The molecule has 2 fully saturated rings. The number of aliphatic hydroxyl groups is 1. The minimum Gasteiger partial charge on any atom is -0.396 e. The minimum atomic E-state index is 0.270. The highest BCUT2D eigenvalue weighted by atomic mass is 16.3. The second-order valence-electron chi connectivity index (χ2n) is 7.66. The molecule has 5 heteroatoms. The fraction of sp³-hybridized carbons (Fsp3) is 0.800. The normalized spacial score (nSPS) is 23.2. The summed E-state index contributed by atoms with van der Waals surface area (Å²) in [4.78, 5) is 14.3. The van der Waals surface area contributed by atoms with Gasteiger partial charge in [-0.2, -0.15) is 0 Å². The summed E-state index contributed by atoms with van der Waals surface area (Å²) in [5, 5.41) is 9.60. The number of aryl methyl sites for hydroxylation is 2. The van der Waals surface area contributed by atoms with Crippen molar-refractivity contribution in [1.82, 2.24) is 14.9 Å². The number of aromatic nitrogens is 2. The van der Waals surface area contributed by atoms with Crippen LogP contribution in [0.15, 0.2) is 6.20 Å². The molecular formula is C20H34N4O. The van der Waals surface area contributed by atoms with Crippen LogP contribution in [0.3, 0.4) is 0 Å². The predicted octanol–water partition coefficient (Wildman–Crippen LogP) is 2.94.